The zero-order chi connectivity index (χ0) is 11.5. The maximum atomic E-state index is 10.9. The highest BCUT2D eigenvalue weighted by atomic mass is 16.5. The van der Waals surface area contributed by atoms with E-state index < -0.39 is 5.97 Å². The number of carboxylic acid groups (broad SMARTS) is 1. The van der Waals surface area contributed by atoms with E-state index in [1.807, 2.05) is 0 Å². The average molecular weight is 225 g/mol. The lowest BCUT2D eigenvalue weighted by Gasteiger charge is -2.18. The van der Waals surface area contributed by atoms with Crippen LogP contribution in [0.4, 0.5) is 0 Å². The number of aliphatic carboxylic acids is 1. The van der Waals surface area contributed by atoms with Gasteiger partial charge in [-0.05, 0) is 12.8 Å². The van der Waals surface area contributed by atoms with Gasteiger partial charge in [-0.1, -0.05) is 5.21 Å². The minimum atomic E-state index is -0.731. The lowest BCUT2D eigenvalue weighted by Crippen LogP contribution is -2.24. The Balaban J connectivity index is 2.14. The van der Waals surface area contributed by atoms with E-state index in [1.165, 1.54) is 0 Å². The first kappa shape index (κ1) is 11.1. The van der Waals surface area contributed by atoms with Gasteiger partial charge in [-0.15, -0.1) is 5.10 Å². The highest BCUT2D eigenvalue weighted by molar-refractivity contribution is 5.70. The number of aromatic nitrogens is 3. The van der Waals surface area contributed by atoms with E-state index in [1.54, 1.807) is 11.8 Å². The summed E-state index contributed by atoms with van der Waals surface area (Å²) in [6, 6.07) is 0. The number of nitrogens with zero attached hydrogens (tertiary/aromatic N) is 3. The van der Waals surface area contributed by atoms with Crippen LogP contribution >= 0.6 is 0 Å². The van der Waals surface area contributed by atoms with Gasteiger partial charge in [0.05, 0.1) is 30.5 Å². The predicted octanol–water partition coefficient (Wildman–Crippen LogP) is 0.114. The van der Waals surface area contributed by atoms with Crippen LogP contribution in [0.5, 0.6) is 0 Å². The highest BCUT2D eigenvalue weighted by Gasteiger charge is 2.28. The summed E-state index contributed by atoms with van der Waals surface area (Å²) in [5.74, 6) is -1.03. The van der Waals surface area contributed by atoms with E-state index in [0.717, 1.165) is 11.4 Å². The summed E-state index contributed by atoms with van der Waals surface area (Å²) in [7, 11) is 1.63. The van der Waals surface area contributed by atoms with Crippen molar-refractivity contribution in [2.45, 2.75) is 25.8 Å². The second-order valence-electron chi connectivity index (χ2n) is 3.98. The summed E-state index contributed by atoms with van der Waals surface area (Å²) < 4.78 is 6.73. The van der Waals surface area contributed by atoms with E-state index in [9.17, 15) is 4.79 Å². The molecule has 0 amide bonds. The monoisotopic (exact) mass is 225 g/mol. The molecule has 1 aromatic heterocycles. The standard InChI is InChI=1S/C10H15N3O3/c1-16-5-4-13-9-6-7(10(14)15)2-3-8(9)11-12-13/h7H,2-6H2,1H3,(H,14,15)/t7-/m0/s1. The molecular weight excluding hydrogens is 210 g/mol. The van der Waals surface area contributed by atoms with Crippen molar-refractivity contribution in [3.05, 3.63) is 11.4 Å². The van der Waals surface area contributed by atoms with Gasteiger partial charge in [0.2, 0.25) is 0 Å². The van der Waals surface area contributed by atoms with Crippen LogP contribution in [0.25, 0.3) is 0 Å². The first-order valence-electron chi connectivity index (χ1n) is 5.35. The van der Waals surface area contributed by atoms with Gasteiger partial charge in [0.1, 0.15) is 0 Å². The Morgan fingerprint density at radius 2 is 2.50 bits per heavy atom. The summed E-state index contributed by atoms with van der Waals surface area (Å²) in [5, 5.41) is 17.1. The van der Waals surface area contributed by atoms with Gasteiger partial charge in [0.15, 0.2) is 0 Å². The molecule has 0 aromatic carbocycles. The van der Waals surface area contributed by atoms with Gasteiger partial charge >= 0.3 is 5.97 Å². The number of fused-ring (bicyclic) bond motifs is 1. The molecule has 0 saturated heterocycles. The molecule has 0 fully saturated rings. The molecule has 0 radical (unpaired) electrons. The fraction of sp³-hybridized carbons (Fsp3) is 0.700. The first-order valence-corrected chi connectivity index (χ1v) is 5.35. The third kappa shape index (κ3) is 2.06. The number of hydrogen-bond acceptors (Lipinski definition) is 4. The van der Waals surface area contributed by atoms with Crippen LogP contribution in [0.3, 0.4) is 0 Å². The fourth-order valence-corrected chi connectivity index (χ4v) is 2.00. The lowest BCUT2D eigenvalue weighted by molar-refractivity contribution is -0.142. The van der Waals surface area contributed by atoms with Crippen molar-refractivity contribution in [1.82, 2.24) is 15.0 Å². The van der Waals surface area contributed by atoms with E-state index in [4.69, 9.17) is 9.84 Å². The molecule has 1 heterocycles. The number of hydrogen-bond donors (Lipinski definition) is 1. The molecule has 0 aliphatic heterocycles. The molecule has 0 bridgehead atoms. The molecule has 1 aromatic rings. The molecule has 1 aliphatic rings. The maximum absolute atomic E-state index is 10.9. The van der Waals surface area contributed by atoms with Crippen LogP contribution in [0.2, 0.25) is 0 Å². The van der Waals surface area contributed by atoms with Gasteiger partial charge in [-0.3, -0.25) is 4.79 Å². The van der Waals surface area contributed by atoms with Crippen molar-refractivity contribution in [2.24, 2.45) is 5.92 Å². The molecular formula is C10H15N3O3. The molecule has 16 heavy (non-hydrogen) atoms. The van der Waals surface area contributed by atoms with E-state index >= 15 is 0 Å². The molecule has 0 saturated carbocycles. The zero-order valence-electron chi connectivity index (χ0n) is 9.22. The molecule has 1 atom stereocenters. The number of rotatable bonds is 4. The molecule has 1 N–H and O–H groups in total. The van der Waals surface area contributed by atoms with Crippen molar-refractivity contribution in [1.29, 1.82) is 0 Å². The Labute approximate surface area is 93.2 Å². The van der Waals surface area contributed by atoms with Crippen molar-refractivity contribution < 1.29 is 14.6 Å². The van der Waals surface area contributed by atoms with E-state index in [2.05, 4.69) is 10.3 Å². The normalized spacial score (nSPS) is 19.4. The maximum Gasteiger partial charge on any atom is 0.306 e. The van der Waals surface area contributed by atoms with E-state index in [0.29, 0.717) is 32.4 Å². The number of carboxylic acids is 1. The van der Waals surface area contributed by atoms with Crippen LogP contribution in [-0.4, -0.2) is 39.8 Å². The predicted molar refractivity (Wildman–Crippen MR) is 55.0 cm³/mol. The highest BCUT2D eigenvalue weighted by Crippen LogP contribution is 2.23. The summed E-state index contributed by atoms with van der Waals surface area (Å²) in [4.78, 5) is 10.9. The summed E-state index contributed by atoms with van der Waals surface area (Å²) >= 11 is 0. The quantitative estimate of drug-likeness (QED) is 0.787. The Bertz CT molecular complexity index is 389. The average Bonchev–Trinajstić information content (AvgIpc) is 2.68. The largest absolute Gasteiger partial charge is 0.481 e. The number of aryl methyl sites for hydroxylation is 1. The molecule has 6 heteroatoms. The topological polar surface area (TPSA) is 77.2 Å². The number of carbonyl (C=O) groups is 1. The minimum absolute atomic E-state index is 0.299. The first-order chi connectivity index (χ1) is 7.72. The van der Waals surface area contributed by atoms with Gasteiger partial charge in [0, 0.05) is 13.5 Å². The lowest BCUT2D eigenvalue weighted by atomic mass is 9.90. The zero-order valence-corrected chi connectivity index (χ0v) is 9.22. The summed E-state index contributed by atoms with van der Waals surface area (Å²) in [6.07, 6.45) is 1.89. The van der Waals surface area contributed by atoms with Gasteiger partial charge in [-0.25, -0.2) is 4.68 Å². The molecule has 0 spiro atoms. The number of methoxy groups -OCH3 is 1. The Morgan fingerprint density at radius 1 is 1.69 bits per heavy atom. The van der Waals surface area contributed by atoms with Crippen LogP contribution in [-0.2, 0) is 28.9 Å². The van der Waals surface area contributed by atoms with Crippen molar-refractivity contribution in [3.8, 4) is 0 Å². The van der Waals surface area contributed by atoms with Crippen LogP contribution < -0.4 is 0 Å². The van der Waals surface area contributed by atoms with Gasteiger partial charge in [-0.2, -0.15) is 0 Å². The van der Waals surface area contributed by atoms with Crippen LogP contribution in [0.1, 0.15) is 17.8 Å². The van der Waals surface area contributed by atoms with Gasteiger partial charge in [0.25, 0.3) is 0 Å². The Hall–Kier alpha value is -1.43. The van der Waals surface area contributed by atoms with Crippen molar-refractivity contribution in [2.75, 3.05) is 13.7 Å². The minimum Gasteiger partial charge on any atom is -0.481 e. The second-order valence-corrected chi connectivity index (χ2v) is 3.98. The van der Waals surface area contributed by atoms with Gasteiger partial charge < -0.3 is 9.84 Å². The van der Waals surface area contributed by atoms with Crippen molar-refractivity contribution >= 4 is 5.97 Å². The Kier molecular flexibility index (Phi) is 3.19. The third-order valence-corrected chi connectivity index (χ3v) is 2.94. The molecule has 88 valence electrons. The van der Waals surface area contributed by atoms with Crippen molar-refractivity contribution in [3.63, 3.8) is 0 Å². The fourth-order valence-electron chi connectivity index (χ4n) is 2.00. The van der Waals surface area contributed by atoms with Crippen LogP contribution in [0, 0.1) is 5.92 Å². The van der Waals surface area contributed by atoms with Crippen LogP contribution in [0.15, 0.2) is 0 Å². The summed E-state index contributed by atoms with van der Waals surface area (Å²) in [6.45, 7) is 1.19. The molecule has 0 unspecified atom stereocenters. The number of ether oxygens (including phenoxy) is 1. The van der Waals surface area contributed by atoms with E-state index in [-0.39, 0.29) is 5.92 Å². The SMILES string of the molecule is COCCn1nnc2c1C[C@@H](C(=O)O)CC2. The second kappa shape index (κ2) is 4.61. The molecule has 1 aliphatic carbocycles. The Morgan fingerprint density at radius 3 is 3.19 bits per heavy atom. The molecule has 6 nitrogen and oxygen atoms in total. The molecule has 2 rings (SSSR count). The smallest absolute Gasteiger partial charge is 0.306 e. The third-order valence-electron chi connectivity index (χ3n) is 2.94. The summed E-state index contributed by atoms with van der Waals surface area (Å²) in [5.41, 5.74) is 1.89.